The van der Waals surface area contributed by atoms with Crippen LogP contribution < -0.4 is 4.90 Å². The fourth-order valence-corrected chi connectivity index (χ4v) is 2.41. The van der Waals surface area contributed by atoms with Crippen molar-refractivity contribution in [3.8, 4) is 0 Å². The van der Waals surface area contributed by atoms with E-state index in [1.807, 2.05) is 6.92 Å². The third-order valence-electron chi connectivity index (χ3n) is 3.31. The van der Waals surface area contributed by atoms with E-state index >= 15 is 0 Å². The summed E-state index contributed by atoms with van der Waals surface area (Å²) >= 11 is 6.01. The van der Waals surface area contributed by atoms with Gasteiger partial charge in [-0.1, -0.05) is 11.6 Å². The number of aromatic nitrogens is 2. The first-order valence-electron chi connectivity index (χ1n) is 5.93. The van der Waals surface area contributed by atoms with Gasteiger partial charge >= 0.3 is 0 Å². The van der Waals surface area contributed by atoms with E-state index in [-0.39, 0.29) is 0 Å². The second kappa shape index (κ2) is 5.65. The molecule has 0 N–H and O–H groups in total. The molecule has 0 atom stereocenters. The van der Waals surface area contributed by atoms with Crippen molar-refractivity contribution in [2.75, 3.05) is 31.7 Å². The van der Waals surface area contributed by atoms with Crippen LogP contribution in [0.25, 0.3) is 0 Å². The van der Waals surface area contributed by atoms with Gasteiger partial charge < -0.3 is 9.64 Å². The molecule has 1 fully saturated rings. The van der Waals surface area contributed by atoms with Gasteiger partial charge in [-0.05, 0) is 25.7 Å². The average molecular weight is 256 g/mol. The van der Waals surface area contributed by atoms with E-state index in [0.717, 1.165) is 43.9 Å². The highest BCUT2D eigenvalue weighted by molar-refractivity contribution is 6.30. The van der Waals surface area contributed by atoms with Crippen molar-refractivity contribution in [1.29, 1.82) is 0 Å². The molecule has 0 bridgehead atoms. The molecule has 1 aromatic heterocycles. The minimum Gasteiger partial charge on any atom is -0.384 e. The lowest BCUT2D eigenvalue weighted by atomic mass is 9.97. The monoisotopic (exact) mass is 255 g/mol. The smallest absolute Gasteiger partial charge is 0.137 e. The van der Waals surface area contributed by atoms with Crippen LogP contribution in [0.3, 0.4) is 0 Å². The Kier molecular flexibility index (Phi) is 4.18. The molecule has 0 amide bonds. The van der Waals surface area contributed by atoms with Crippen LogP contribution in [0.5, 0.6) is 0 Å². The van der Waals surface area contributed by atoms with Gasteiger partial charge in [-0.2, -0.15) is 0 Å². The molecule has 0 radical (unpaired) electrons. The molecule has 0 unspecified atom stereocenters. The Balaban J connectivity index is 2.03. The molecule has 1 aliphatic rings. The van der Waals surface area contributed by atoms with E-state index in [9.17, 15) is 0 Å². The number of nitrogens with zero attached hydrogens (tertiary/aromatic N) is 3. The predicted octanol–water partition coefficient (Wildman–Crippen LogP) is 2.30. The van der Waals surface area contributed by atoms with Gasteiger partial charge in [-0.3, -0.25) is 0 Å². The highest BCUT2D eigenvalue weighted by atomic mass is 35.5. The third-order valence-corrected chi connectivity index (χ3v) is 3.69. The summed E-state index contributed by atoms with van der Waals surface area (Å²) in [6, 6.07) is 0. The van der Waals surface area contributed by atoms with Crippen molar-refractivity contribution in [3.63, 3.8) is 0 Å². The van der Waals surface area contributed by atoms with Gasteiger partial charge in [0.05, 0.1) is 0 Å². The van der Waals surface area contributed by atoms with E-state index in [1.54, 1.807) is 7.11 Å². The number of hydrogen-bond donors (Lipinski definition) is 0. The van der Waals surface area contributed by atoms with Crippen LogP contribution >= 0.6 is 11.6 Å². The first-order valence-corrected chi connectivity index (χ1v) is 6.31. The second-order valence-corrected chi connectivity index (χ2v) is 4.86. The van der Waals surface area contributed by atoms with Gasteiger partial charge in [0.2, 0.25) is 0 Å². The Bertz CT molecular complexity index is 378. The first kappa shape index (κ1) is 12.6. The molecule has 0 spiro atoms. The largest absolute Gasteiger partial charge is 0.384 e. The van der Waals surface area contributed by atoms with Crippen molar-refractivity contribution in [3.05, 3.63) is 17.0 Å². The van der Waals surface area contributed by atoms with Crippen molar-refractivity contribution < 1.29 is 4.74 Å². The van der Waals surface area contributed by atoms with Crippen LogP contribution in [0, 0.1) is 12.8 Å². The number of hydrogen-bond acceptors (Lipinski definition) is 4. The maximum atomic E-state index is 6.01. The van der Waals surface area contributed by atoms with E-state index in [1.165, 1.54) is 6.33 Å². The highest BCUT2D eigenvalue weighted by Crippen LogP contribution is 2.26. The Morgan fingerprint density at radius 2 is 2.12 bits per heavy atom. The zero-order valence-electron chi connectivity index (χ0n) is 10.3. The van der Waals surface area contributed by atoms with Crippen LogP contribution in [0.2, 0.25) is 5.15 Å². The summed E-state index contributed by atoms with van der Waals surface area (Å²) in [5.74, 6) is 1.65. The predicted molar refractivity (Wildman–Crippen MR) is 68.6 cm³/mol. The SMILES string of the molecule is COCC1CCN(c2ncnc(Cl)c2C)CC1. The average Bonchev–Trinajstić information content (AvgIpc) is 2.34. The van der Waals surface area contributed by atoms with Crippen LogP contribution in [-0.2, 0) is 4.74 Å². The molecule has 1 saturated heterocycles. The number of rotatable bonds is 3. The van der Waals surface area contributed by atoms with Crippen LogP contribution in [-0.4, -0.2) is 36.8 Å². The molecule has 0 saturated carbocycles. The fraction of sp³-hybridized carbons (Fsp3) is 0.667. The van der Waals surface area contributed by atoms with Gasteiger partial charge in [0.15, 0.2) is 0 Å². The molecule has 0 aromatic carbocycles. The number of methoxy groups -OCH3 is 1. The molecule has 94 valence electrons. The van der Waals surface area contributed by atoms with Crippen molar-refractivity contribution in [1.82, 2.24) is 9.97 Å². The Labute approximate surface area is 107 Å². The molecular weight excluding hydrogens is 238 g/mol. The van der Waals surface area contributed by atoms with E-state index in [0.29, 0.717) is 11.1 Å². The number of halogens is 1. The molecule has 5 heteroatoms. The van der Waals surface area contributed by atoms with Gasteiger partial charge in [-0.25, -0.2) is 9.97 Å². The minimum atomic E-state index is 0.550. The standard InChI is InChI=1S/C12H18ClN3O/c1-9-11(13)14-8-15-12(9)16-5-3-10(4-6-16)7-17-2/h8,10H,3-7H2,1-2H3. The molecule has 2 heterocycles. The molecule has 17 heavy (non-hydrogen) atoms. The summed E-state index contributed by atoms with van der Waals surface area (Å²) in [5, 5.41) is 0.550. The van der Waals surface area contributed by atoms with Gasteiger partial charge in [0.25, 0.3) is 0 Å². The van der Waals surface area contributed by atoms with Crippen molar-refractivity contribution >= 4 is 17.4 Å². The third kappa shape index (κ3) is 2.87. The Hall–Kier alpha value is -0.870. The quantitative estimate of drug-likeness (QED) is 0.777. The lowest BCUT2D eigenvalue weighted by molar-refractivity contribution is 0.139. The molecular formula is C12H18ClN3O. The van der Waals surface area contributed by atoms with Crippen LogP contribution in [0.15, 0.2) is 6.33 Å². The van der Waals surface area contributed by atoms with E-state index in [2.05, 4.69) is 14.9 Å². The minimum absolute atomic E-state index is 0.550. The van der Waals surface area contributed by atoms with E-state index in [4.69, 9.17) is 16.3 Å². The number of ether oxygens (including phenoxy) is 1. The number of anilines is 1. The second-order valence-electron chi connectivity index (χ2n) is 4.50. The van der Waals surface area contributed by atoms with Crippen molar-refractivity contribution in [2.45, 2.75) is 19.8 Å². The lowest BCUT2D eigenvalue weighted by Crippen LogP contribution is -2.36. The molecule has 1 aromatic rings. The van der Waals surface area contributed by atoms with Crippen LogP contribution in [0.4, 0.5) is 5.82 Å². The normalized spacial score (nSPS) is 17.5. The maximum Gasteiger partial charge on any atom is 0.137 e. The van der Waals surface area contributed by atoms with E-state index < -0.39 is 0 Å². The van der Waals surface area contributed by atoms with Gasteiger partial charge in [-0.15, -0.1) is 0 Å². The topological polar surface area (TPSA) is 38.2 Å². The van der Waals surface area contributed by atoms with Gasteiger partial charge in [0.1, 0.15) is 17.3 Å². The summed E-state index contributed by atoms with van der Waals surface area (Å²) < 4.78 is 5.20. The summed E-state index contributed by atoms with van der Waals surface area (Å²) in [5.41, 5.74) is 0.972. The summed E-state index contributed by atoms with van der Waals surface area (Å²) in [6.07, 6.45) is 3.83. The molecule has 4 nitrogen and oxygen atoms in total. The van der Waals surface area contributed by atoms with Crippen LogP contribution in [0.1, 0.15) is 18.4 Å². The molecule has 0 aliphatic carbocycles. The number of piperidine rings is 1. The van der Waals surface area contributed by atoms with Gasteiger partial charge in [0, 0.05) is 32.4 Å². The summed E-state index contributed by atoms with van der Waals surface area (Å²) in [7, 11) is 1.76. The maximum absolute atomic E-state index is 6.01. The molecule has 1 aliphatic heterocycles. The van der Waals surface area contributed by atoms with Crippen molar-refractivity contribution in [2.24, 2.45) is 5.92 Å². The summed E-state index contributed by atoms with van der Waals surface area (Å²) in [4.78, 5) is 10.6. The summed E-state index contributed by atoms with van der Waals surface area (Å²) in [6.45, 7) is 4.86. The molecule has 2 rings (SSSR count). The Morgan fingerprint density at radius 3 is 2.76 bits per heavy atom. The lowest BCUT2D eigenvalue weighted by Gasteiger charge is -2.33. The first-order chi connectivity index (χ1) is 8.22. The zero-order chi connectivity index (χ0) is 12.3. The fourth-order valence-electron chi connectivity index (χ4n) is 2.29. The Morgan fingerprint density at radius 1 is 1.41 bits per heavy atom. The highest BCUT2D eigenvalue weighted by Gasteiger charge is 2.21. The zero-order valence-corrected chi connectivity index (χ0v) is 11.1.